The zero-order chi connectivity index (χ0) is 17.8. The van der Waals surface area contributed by atoms with Gasteiger partial charge in [0.05, 0.1) is 18.7 Å². The minimum atomic E-state index is -0.0980. The monoisotopic (exact) mass is 349 g/mol. The van der Waals surface area contributed by atoms with E-state index in [-0.39, 0.29) is 18.1 Å². The van der Waals surface area contributed by atoms with Crippen molar-refractivity contribution in [2.75, 3.05) is 32.8 Å². The molecule has 3 rings (SSSR count). The van der Waals surface area contributed by atoms with Crippen LogP contribution in [0.2, 0.25) is 0 Å². The SMILES string of the molecule is C[C@@H]1CN([C@@H](C)C(=O)NC[C@@H]2CCCO2)CCN1Cc1nccn1C. The maximum absolute atomic E-state index is 12.5. The highest BCUT2D eigenvalue weighted by Crippen LogP contribution is 2.15. The standard InChI is InChI=1S/C18H31N5O2/c1-14-12-23(9-8-22(14)13-17-19-6-7-21(17)3)15(2)18(24)20-11-16-5-4-10-25-16/h6-7,14-16H,4-5,8-13H2,1-3H3,(H,20,24)/t14-,15+,16+/m1/s1. The molecule has 0 unspecified atom stereocenters. The van der Waals surface area contributed by atoms with Crippen molar-refractivity contribution in [2.45, 2.75) is 51.4 Å². The molecule has 25 heavy (non-hydrogen) atoms. The van der Waals surface area contributed by atoms with Crippen molar-refractivity contribution in [2.24, 2.45) is 7.05 Å². The fraction of sp³-hybridized carbons (Fsp3) is 0.778. The molecular weight excluding hydrogens is 318 g/mol. The Morgan fingerprint density at radius 3 is 2.96 bits per heavy atom. The molecule has 140 valence electrons. The van der Waals surface area contributed by atoms with Gasteiger partial charge in [0.15, 0.2) is 0 Å². The Morgan fingerprint density at radius 1 is 1.48 bits per heavy atom. The van der Waals surface area contributed by atoms with Gasteiger partial charge >= 0.3 is 0 Å². The third-order valence-corrected chi connectivity index (χ3v) is 5.52. The van der Waals surface area contributed by atoms with Gasteiger partial charge in [-0.05, 0) is 26.7 Å². The van der Waals surface area contributed by atoms with E-state index in [1.807, 2.05) is 26.4 Å². The molecule has 2 aliphatic heterocycles. The van der Waals surface area contributed by atoms with Crippen LogP contribution in [0, 0.1) is 0 Å². The number of carbonyl (C=O) groups is 1. The molecule has 1 aromatic rings. The normalized spacial score (nSPS) is 26.7. The molecule has 2 fully saturated rings. The molecular formula is C18H31N5O2. The Morgan fingerprint density at radius 2 is 2.32 bits per heavy atom. The van der Waals surface area contributed by atoms with Crippen LogP contribution in [-0.4, -0.2) is 76.2 Å². The quantitative estimate of drug-likeness (QED) is 0.815. The van der Waals surface area contributed by atoms with Gasteiger partial charge in [-0.25, -0.2) is 4.98 Å². The summed E-state index contributed by atoms with van der Waals surface area (Å²) in [6, 6.07) is 0.304. The predicted molar refractivity (Wildman–Crippen MR) is 96.1 cm³/mol. The minimum Gasteiger partial charge on any atom is -0.376 e. The summed E-state index contributed by atoms with van der Waals surface area (Å²) < 4.78 is 7.65. The van der Waals surface area contributed by atoms with Crippen LogP contribution < -0.4 is 5.32 Å². The van der Waals surface area contributed by atoms with E-state index in [0.717, 1.165) is 51.5 Å². The van der Waals surface area contributed by atoms with Crippen LogP contribution in [-0.2, 0) is 23.1 Å². The zero-order valence-corrected chi connectivity index (χ0v) is 15.6. The van der Waals surface area contributed by atoms with Crippen molar-refractivity contribution in [3.05, 3.63) is 18.2 Å². The van der Waals surface area contributed by atoms with Crippen molar-refractivity contribution in [3.63, 3.8) is 0 Å². The summed E-state index contributed by atoms with van der Waals surface area (Å²) in [5, 5.41) is 3.06. The van der Waals surface area contributed by atoms with Crippen LogP contribution in [0.25, 0.3) is 0 Å². The van der Waals surface area contributed by atoms with Crippen LogP contribution in [0.3, 0.4) is 0 Å². The van der Waals surface area contributed by atoms with Gasteiger partial charge in [-0.1, -0.05) is 0 Å². The molecule has 1 aromatic heterocycles. The number of hydrogen-bond acceptors (Lipinski definition) is 5. The van der Waals surface area contributed by atoms with Crippen molar-refractivity contribution >= 4 is 5.91 Å². The molecule has 2 aliphatic rings. The predicted octanol–water partition coefficient (Wildman–Crippen LogP) is 0.610. The minimum absolute atomic E-state index is 0.0980. The molecule has 0 bridgehead atoms. The maximum atomic E-state index is 12.5. The Bertz CT molecular complexity index is 570. The lowest BCUT2D eigenvalue weighted by atomic mass is 10.1. The molecule has 3 heterocycles. The molecule has 2 saturated heterocycles. The summed E-state index contributed by atoms with van der Waals surface area (Å²) in [7, 11) is 2.03. The largest absolute Gasteiger partial charge is 0.376 e. The Balaban J connectivity index is 1.46. The third-order valence-electron chi connectivity index (χ3n) is 5.52. The van der Waals surface area contributed by atoms with E-state index in [1.165, 1.54) is 0 Å². The summed E-state index contributed by atoms with van der Waals surface area (Å²) in [5.74, 6) is 1.20. The van der Waals surface area contributed by atoms with Crippen molar-refractivity contribution in [1.29, 1.82) is 0 Å². The number of carbonyl (C=O) groups excluding carboxylic acids is 1. The first-order valence-corrected chi connectivity index (χ1v) is 9.38. The first-order chi connectivity index (χ1) is 12.0. The van der Waals surface area contributed by atoms with E-state index < -0.39 is 0 Å². The Labute approximate surface area is 150 Å². The van der Waals surface area contributed by atoms with E-state index in [4.69, 9.17) is 4.74 Å². The third kappa shape index (κ3) is 4.59. The molecule has 0 saturated carbocycles. The number of nitrogens with zero attached hydrogens (tertiary/aromatic N) is 4. The van der Waals surface area contributed by atoms with E-state index in [2.05, 4.69) is 31.6 Å². The van der Waals surface area contributed by atoms with Gasteiger partial charge in [0.1, 0.15) is 5.82 Å². The van der Waals surface area contributed by atoms with Gasteiger partial charge in [-0.3, -0.25) is 14.6 Å². The van der Waals surface area contributed by atoms with Crippen molar-refractivity contribution in [1.82, 2.24) is 24.7 Å². The Kier molecular flexibility index (Phi) is 6.09. The van der Waals surface area contributed by atoms with E-state index in [1.54, 1.807) is 0 Å². The second kappa shape index (κ2) is 8.29. The molecule has 0 spiro atoms. The molecule has 1 amide bonds. The van der Waals surface area contributed by atoms with Gasteiger partial charge < -0.3 is 14.6 Å². The molecule has 7 nitrogen and oxygen atoms in total. The average molecular weight is 349 g/mol. The van der Waals surface area contributed by atoms with Crippen LogP contribution in [0.5, 0.6) is 0 Å². The van der Waals surface area contributed by atoms with Crippen molar-refractivity contribution < 1.29 is 9.53 Å². The number of imidazole rings is 1. The van der Waals surface area contributed by atoms with Crippen LogP contribution in [0.15, 0.2) is 12.4 Å². The van der Waals surface area contributed by atoms with Crippen LogP contribution in [0.4, 0.5) is 0 Å². The molecule has 1 N–H and O–H groups in total. The zero-order valence-electron chi connectivity index (χ0n) is 15.6. The summed E-state index contributed by atoms with van der Waals surface area (Å²) in [5.41, 5.74) is 0. The first-order valence-electron chi connectivity index (χ1n) is 9.38. The number of rotatable bonds is 6. The average Bonchev–Trinajstić information content (AvgIpc) is 3.26. The summed E-state index contributed by atoms with van der Waals surface area (Å²) in [4.78, 5) is 21.6. The second-order valence-corrected chi connectivity index (χ2v) is 7.32. The highest BCUT2D eigenvalue weighted by molar-refractivity contribution is 5.81. The fourth-order valence-corrected chi connectivity index (χ4v) is 3.67. The van der Waals surface area contributed by atoms with Gasteiger partial charge in [0.2, 0.25) is 5.91 Å². The first kappa shape index (κ1) is 18.4. The summed E-state index contributed by atoms with van der Waals surface area (Å²) >= 11 is 0. The van der Waals surface area contributed by atoms with Crippen LogP contribution in [0.1, 0.15) is 32.5 Å². The van der Waals surface area contributed by atoms with Gasteiger partial charge in [0, 0.05) is 58.3 Å². The number of aromatic nitrogens is 2. The van der Waals surface area contributed by atoms with Gasteiger partial charge in [-0.2, -0.15) is 0 Å². The van der Waals surface area contributed by atoms with E-state index in [0.29, 0.717) is 12.6 Å². The smallest absolute Gasteiger partial charge is 0.237 e. The maximum Gasteiger partial charge on any atom is 0.237 e. The summed E-state index contributed by atoms with van der Waals surface area (Å²) in [6.07, 6.45) is 6.18. The lowest BCUT2D eigenvalue weighted by Gasteiger charge is -2.41. The molecule has 0 aromatic carbocycles. The van der Waals surface area contributed by atoms with Gasteiger partial charge in [0.25, 0.3) is 0 Å². The number of hydrogen-bond donors (Lipinski definition) is 1. The van der Waals surface area contributed by atoms with Gasteiger partial charge in [-0.15, -0.1) is 0 Å². The summed E-state index contributed by atoms with van der Waals surface area (Å²) in [6.45, 7) is 9.32. The topological polar surface area (TPSA) is 62.6 Å². The van der Waals surface area contributed by atoms with Crippen molar-refractivity contribution in [3.8, 4) is 0 Å². The highest BCUT2D eigenvalue weighted by atomic mass is 16.5. The number of aryl methyl sites for hydroxylation is 1. The molecule has 3 atom stereocenters. The Hall–Kier alpha value is -1.44. The lowest BCUT2D eigenvalue weighted by Crippen LogP contribution is -2.57. The number of ether oxygens (including phenoxy) is 1. The lowest BCUT2D eigenvalue weighted by molar-refractivity contribution is -0.127. The highest BCUT2D eigenvalue weighted by Gasteiger charge is 2.30. The second-order valence-electron chi connectivity index (χ2n) is 7.32. The number of nitrogens with one attached hydrogen (secondary N) is 1. The van der Waals surface area contributed by atoms with E-state index in [9.17, 15) is 4.79 Å². The molecule has 7 heteroatoms. The molecule has 0 aliphatic carbocycles. The van der Waals surface area contributed by atoms with E-state index >= 15 is 0 Å². The molecule has 0 radical (unpaired) electrons. The number of amides is 1. The number of piperazine rings is 1. The fourth-order valence-electron chi connectivity index (χ4n) is 3.67. The van der Waals surface area contributed by atoms with Crippen LogP contribution >= 0.6 is 0 Å².